The highest BCUT2D eigenvalue weighted by Crippen LogP contribution is 2.49. The summed E-state index contributed by atoms with van der Waals surface area (Å²) in [6.45, 7) is 0.919. The van der Waals surface area contributed by atoms with Crippen molar-refractivity contribution in [1.29, 1.82) is 0 Å². The van der Waals surface area contributed by atoms with Gasteiger partial charge in [0.2, 0.25) is 0 Å². The van der Waals surface area contributed by atoms with Gasteiger partial charge in [-0.1, -0.05) is 0 Å². The van der Waals surface area contributed by atoms with Gasteiger partial charge in [0.25, 0.3) is 0 Å². The molecule has 0 radical (unpaired) electrons. The van der Waals surface area contributed by atoms with Crippen LogP contribution in [0.2, 0.25) is 0 Å². The first-order valence-corrected chi connectivity index (χ1v) is 4.45. The molecule has 0 saturated carbocycles. The van der Waals surface area contributed by atoms with Crippen molar-refractivity contribution >= 4 is 5.97 Å². The minimum absolute atomic E-state index is 0.243. The van der Waals surface area contributed by atoms with E-state index in [1.165, 1.54) is 0 Å². The zero-order valence-corrected chi connectivity index (χ0v) is 7.00. The van der Waals surface area contributed by atoms with Crippen molar-refractivity contribution in [1.82, 2.24) is 10.9 Å². The Bertz CT molecular complexity index is 357. The molecular formula is C9H10N2O2. The number of hydrogen-bond acceptors (Lipinski definition) is 3. The van der Waals surface area contributed by atoms with Gasteiger partial charge < -0.3 is 10.5 Å². The third-order valence-electron chi connectivity index (χ3n) is 3.03. The van der Waals surface area contributed by atoms with Crippen molar-refractivity contribution in [2.75, 3.05) is 6.54 Å². The van der Waals surface area contributed by atoms with E-state index in [9.17, 15) is 4.79 Å². The van der Waals surface area contributed by atoms with E-state index in [1.54, 1.807) is 0 Å². The molecule has 1 aliphatic heterocycles. The van der Waals surface area contributed by atoms with E-state index in [1.807, 2.05) is 6.08 Å². The molecule has 2 aliphatic carbocycles. The molecule has 1 heterocycles. The number of hydrazine groups is 1. The summed E-state index contributed by atoms with van der Waals surface area (Å²) in [5.41, 5.74) is 8.93. The molecule has 1 saturated heterocycles. The van der Waals surface area contributed by atoms with Gasteiger partial charge in [-0.2, -0.15) is 0 Å². The number of hydrogen-bond donors (Lipinski definition) is 3. The normalized spacial score (nSPS) is 34.6. The van der Waals surface area contributed by atoms with Crippen molar-refractivity contribution in [2.24, 2.45) is 11.8 Å². The maximum Gasteiger partial charge on any atom is 0.332 e. The van der Waals surface area contributed by atoms with Crippen molar-refractivity contribution in [3.05, 3.63) is 22.9 Å². The summed E-state index contributed by atoms with van der Waals surface area (Å²) in [5, 5.41) is 8.82. The zero-order valence-electron chi connectivity index (χ0n) is 7.00. The van der Waals surface area contributed by atoms with Crippen LogP contribution in [0.5, 0.6) is 0 Å². The maximum absolute atomic E-state index is 10.7. The van der Waals surface area contributed by atoms with Gasteiger partial charge in [-0.05, 0) is 18.1 Å². The number of allylic oxidation sites excluding steroid dienone is 2. The second kappa shape index (κ2) is 2.14. The van der Waals surface area contributed by atoms with Gasteiger partial charge in [0.15, 0.2) is 0 Å². The predicted molar refractivity (Wildman–Crippen MR) is 45.5 cm³/mol. The van der Waals surface area contributed by atoms with Crippen LogP contribution in [0.3, 0.4) is 0 Å². The second-order valence-electron chi connectivity index (χ2n) is 3.76. The standard InChI is InChI=1S/C9H10N2O2/c12-9(13)8-5-1-4-3-10-11-7(4)2-6(5)8/h2,4-5,10-11H,1,3H2,(H,12,13). The number of carboxylic acids is 1. The number of fused-ring (bicyclic) bond motifs is 2. The third-order valence-corrected chi connectivity index (χ3v) is 3.03. The average molecular weight is 178 g/mol. The van der Waals surface area contributed by atoms with Gasteiger partial charge in [0, 0.05) is 29.7 Å². The molecular weight excluding hydrogens is 168 g/mol. The molecule has 0 bridgehead atoms. The average Bonchev–Trinajstić information content (AvgIpc) is 2.58. The molecule has 3 rings (SSSR count). The summed E-state index contributed by atoms with van der Waals surface area (Å²) < 4.78 is 0. The van der Waals surface area contributed by atoms with Gasteiger partial charge >= 0.3 is 5.97 Å². The summed E-state index contributed by atoms with van der Waals surface area (Å²) in [4.78, 5) is 10.7. The minimum atomic E-state index is -0.746. The number of nitrogens with one attached hydrogen (secondary N) is 2. The Morgan fingerprint density at radius 2 is 2.46 bits per heavy atom. The van der Waals surface area contributed by atoms with E-state index in [4.69, 9.17) is 5.11 Å². The van der Waals surface area contributed by atoms with Crippen molar-refractivity contribution in [2.45, 2.75) is 6.42 Å². The summed E-state index contributed by atoms with van der Waals surface area (Å²) in [7, 11) is 0. The third kappa shape index (κ3) is 0.862. The largest absolute Gasteiger partial charge is 0.478 e. The molecule has 0 aromatic carbocycles. The first-order chi connectivity index (χ1) is 6.27. The predicted octanol–water partition coefficient (Wildman–Crippen LogP) is 0.00900. The monoisotopic (exact) mass is 178 g/mol. The van der Waals surface area contributed by atoms with Gasteiger partial charge in [0.05, 0.1) is 0 Å². The Kier molecular flexibility index (Phi) is 1.18. The van der Waals surface area contributed by atoms with Crippen molar-refractivity contribution < 1.29 is 9.90 Å². The van der Waals surface area contributed by atoms with Gasteiger partial charge in [0.1, 0.15) is 0 Å². The molecule has 0 spiro atoms. The van der Waals surface area contributed by atoms with Crippen LogP contribution in [0.1, 0.15) is 6.42 Å². The summed E-state index contributed by atoms with van der Waals surface area (Å²) in [6.07, 6.45) is 2.95. The molecule has 4 nitrogen and oxygen atoms in total. The van der Waals surface area contributed by atoms with Crippen LogP contribution >= 0.6 is 0 Å². The molecule has 3 aliphatic rings. The van der Waals surface area contributed by atoms with Crippen molar-refractivity contribution in [3.63, 3.8) is 0 Å². The van der Waals surface area contributed by atoms with E-state index >= 15 is 0 Å². The van der Waals surface area contributed by atoms with Crippen LogP contribution in [-0.2, 0) is 4.79 Å². The number of rotatable bonds is 1. The molecule has 1 fully saturated rings. The lowest BCUT2D eigenvalue weighted by Gasteiger charge is -2.13. The van der Waals surface area contributed by atoms with Crippen LogP contribution in [-0.4, -0.2) is 17.6 Å². The fraction of sp³-hybridized carbons (Fsp3) is 0.444. The summed E-state index contributed by atoms with van der Waals surface area (Å²) in [5.74, 6) is -0.0108. The quantitative estimate of drug-likeness (QED) is 0.529. The molecule has 13 heavy (non-hydrogen) atoms. The lowest BCUT2D eigenvalue weighted by atomic mass is 9.92. The zero-order chi connectivity index (χ0) is 9.00. The lowest BCUT2D eigenvalue weighted by molar-refractivity contribution is -0.132. The van der Waals surface area contributed by atoms with Crippen LogP contribution in [0.4, 0.5) is 0 Å². The van der Waals surface area contributed by atoms with E-state index in [2.05, 4.69) is 10.9 Å². The lowest BCUT2D eigenvalue weighted by Crippen LogP contribution is -2.20. The molecule has 68 valence electrons. The fourth-order valence-corrected chi connectivity index (χ4v) is 2.29. The van der Waals surface area contributed by atoms with Crippen molar-refractivity contribution in [3.8, 4) is 0 Å². The fourth-order valence-electron chi connectivity index (χ4n) is 2.29. The molecule has 4 heteroatoms. The molecule has 2 unspecified atom stereocenters. The Labute approximate surface area is 75.3 Å². The Morgan fingerprint density at radius 3 is 3.23 bits per heavy atom. The van der Waals surface area contributed by atoms with E-state index in [-0.39, 0.29) is 5.92 Å². The Balaban J connectivity index is 1.93. The smallest absolute Gasteiger partial charge is 0.332 e. The van der Waals surface area contributed by atoms with E-state index < -0.39 is 5.97 Å². The summed E-state index contributed by atoms with van der Waals surface area (Å²) in [6, 6.07) is 0. The second-order valence-corrected chi connectivity index (χ2v) is 3.76. The summed E-state index contributed by atoms with van der Waals surface area (Å²) >= 11 is 0. The van der Waals surface area contributed by atoms with Gasteiger partial charge in [-0.25, -0.2) is 10.2 Å². The van der Waals surface area contributed by atoms with Crippen LogP contribution in [0.25, 0.3) is 0 Å². The first kappa shape index (κ1) is 7.15. The highest BCUT2D eigenvalue weighted by molar-refractivity contribution is 5.96. The number of carbonyl (C=O) groups is 1. The molecule has 0 amide bonds. The Morgan fingerprint density at radius 1 is 1.62 bits per heavy atom. The highest BCUT2D eigenvalue weighted by Gasteiger charge is 2.45. The van der Waals surface area contributed by atoms with Gasteiger partial charge in [-0.3, -0.25) is 0 Å². The molecule has 3 N–H and O–H groups in total. The van der Waals surface area contributed by atoms with Crippen LogP contribution in [0.15, 0.2) is 22.9 Å². The van der Waals surface area contributed by atoms with Gasteiger partial charge in [-0.15, -0.1) is 0 Å². The van der Waals surface area contributed by atoms with Crippen LogP contribution in [0, 0.1) is 11.8 Å². The van der Waals surface area contributed by atoms with E-state index in [0.29, 0.717) is 11.5 Å². The minimum Gasteiger partial charge on any atom is -0.478 e. The molecule has 0 aromatic heterocycles. The molecule has 0 aromatic rings. The SMILES string of the molecule is O=C(O)C1=C2C=C3NNCC3CC21. The number of carboxylic acid groups (broad SMARTS) is 1. The topological polar surface area (TPSA) is 61.4 Å². The number of aliphatic carboxylic acids is 1. The maximum atomic E-state index is 10.7. The first-order valence-electron chi connectivity index (χ1n) is 4.45. The van der Waals surface area contributed by atoms with Crippen LogP contribution < -0.4 is 10.9 Å². The molecule has 2 atom stereocenters. The van der Waals surface area contributed by atoms with E-state index in [0.717, 1.165) is 24.2 Å². The highest BCUT2D eigenvalue weighted by atomic mass is 16.4. The Hall–Kier alpha value is -1.29.